The number of aromatic nitrogens is 5. The molecule has 16 heteroatoms. The van der Waals surface area contributed by atoms with Gasteiger partial charge in [-0.1, -0.05) is 36.4 Å². The number of hydrogen-bond acceptors (Lipinski definition) is 8. The summed E-state index contributed by atoms with van der Waals surface area (Å²) in [6, 6.07) is 18.9. The molecule has 5 aromatic rings. The topological polar surface area (TPSA) is 150 Å². The minimum Gasteiger partial charge on any atom is -0.374 e. The summed E-state index contributed by atoms with van der Waals surface area (Å²) in [6.07, 6.45) is 0.771. The number of aromatic amines is 1. The van der Waals surface area contributed by atoms with Gasteiger partial charge in [-0.15, -0.1) is 0 Å². The molecule has 0 spiro atoms. The van der Waals surface area contributed by atoms with E-state index in [2.05, 4.69) is 71.5 Å². The van der Waals surface area contributed by atoms with E-state index in [0.717, 1.165) is 68.7 Å². The Hall–Kier alpha value is -5.90. The van der Waals surface area contributed by atoms with Crippen LogP contribution in [0.4, 0.5) is 23.2 Å². The Balaban J connectivity index is 0.897. The first-order chi connectivity index (χ1) is 27.1. The summed E-state index contributed by atoms with van der Waals surface area (Å²) in [6.45, 7) is 6.27. The molecule has 12 nitrogen and oxygen atoms in total. The van der Waals surface area contributed by atoms with Crippen LogP contribution in [-0.4, -0.2) is 72.9 Å². The zero-order valence-electron chi connectivity index (χ0n) is 31.7. The molecule has 4 heterocycles. The van der Waals surface area contributed by atoms with E-state index in [-0.39, 0.29) is 42.0 Å². The molecule has 2 aliphatic rings. The molecular formula is C41H43F4N9O3. The first kappa shape index (κ1) is 39.3. The van der Waals surface area contributed by atoms with Crippen molar-refractivity contribution in [2.24, 2.45) is 0 Å². The molecule has 2 fully saturated rings. The average molecular weight is 786 g/mol. The highest BCUT2D eigenvalue weighted by atomic mass is 19.4. The summed E-state index contributed by atoms with van der Waals surface area (Å²) in [4.78, 5) is 42.6. The first-order valence-corrected chi connectivity index (χ1v) is 18.8. The molecule has 2 saturated heterocycles. The van der Waals surface area contributed by atoms with Crippen LogP contribution in [0.2, 0.25) is 0 Å². The average Bonchev–Trinajstić information content (AvgIpc) is 3.87. The van der Waals surface area contributed by atoms with Crippen LogP contribution in [0.15, 0.2) is 73.1 Å². The van der Waals surface area contributed by atoms with Crippen molar-refractivity contribution >= 4 is 23.4 Å². The van der Waals surface area contributed by atoms with Crippen LogP contribution in [0, 0.1) is 12.7 Å². The summed E-state index contributed by atoms with van der Waals surface area (Å²) in [7, 11) is 0. The van der Waals surface area contributed by atoms with Gasteiger partial charge in [0.2, 0.25) is 11.8 Å². The lowest BCUT2D eigenvalue weighted by Gasteiger charge is -2.32. The van der Waals surface area contributed by atoms with Crippen molar-refractivity contribution < 1.29 is 31.9 Å². The summed E-state index contributed by atoms with van der Waals surface area (Å²) in [5.74, 6) is -1.63. The molecule has 0 bridgehead atoms. The number of nitrogens with one attached hydrogen (secondary N) is 4. The third kappa shape index (κ3) is 8.75. The van der Waals surface area contributed by atoms with Crippen molar-refractivity contribution in [2.45, 2.75) is 83.1 Å². The number of hydrogen-bond donors (Lipinski definition) is 4. The fraction of sp³-hybridized carbons (Fsp3) is 0.366. The van der Waals surface area contributed by atoms with E-state index in [4.69, 9.17) is 0 Å². The van der Waals surface area contributed by atoms with E-state index in [1.165, 1.54) is 17.8 Å². The number of rotatable bonds is 11. The van der Waals surface area contributed by atoms with Crippen LogP contribution in [0.5, 0.6) is 0 Å². The highest BCUT2D eigenvalue weighted by Crippen LogP contribution is 2.38. The number of imide groups is 1. The highest BCUT2D eigenvalue weighted by molar-refractivity contribution is 6.01. The minimum atomic E-state index is -4.53. The molecule has 2 aliphatic heterocycles. The Labute approximate surface area is 326 Å². The van der Waals surface area contributed by atoms with Crippen LogP contribution in [-0.2, 0) is 28.1 Å². The number of carbonyl (C=O) groups excluding carboxylic acids is 3. The maximum Gasteiger partial charge on any atom is 0.401 e. The molecule has 0 aliphatic carbocycles. The fourth-order valence-corrected chi connectivity index (χ4v) is 7.15. The van der Waals surface area contributed by atoms with E-state index < -0.39 is 35.3 Å². The van der Waals surface area contributed by atoms with Gasteiger partial charge in [-0.2, -0.15) is 23.4 Å². The second-order valence-corrected chi connectivity index (χ2v) is 15.2. The SMILES string of the molecule is Cc1cc(-c2ccc(CN3CCC(c4ccc(NC5CCC(=O)NC5=O)cc4F)CC3)cc2)ccc1-n1cc(C(=O)NCc2nc(C(C)(C)C(F)(F)F)n[nH]2)cn1. The van der Waals surface area contributed by atoms with E-state index in [1.807, 2.05) is 19.1 Å². The normalized spacial score (nSPS) is 17.1. The molecule has 57 heavy (non-hydrogen) atoms. The number of carbonyl (C=O) groups is 3. The van der Waals surface area contributed by atoms with Gasteiger partial charge in [0, 0.05) is 24.8 Å². The zero-order valence-corrected chi connectivity index (χ0v) is 31.7. The number of anilines is 1. The maximum absolute atomic E-state index is 15.2. The lowest BCUT2D eigenvalue weighted by molar-refractivity contribution is -0.182. The fourth-order valence-electron chi connectivity index (χ4n) is 7.15. The third-order valence-electron chi connectivity index (χ3n) is 10.8. The van der Waals surface area contributed by atoms with Crippen LogP contribution in [0.3, 0.4) is 0 Å². The van der Waals surface area contributed by atoms with E-state index in [1.54, 1.807) is 23.0 Å². The Morgan fingerprint density at radius 1 is 0.965 bits per heavy atom. The maximum atomic E-state index is 15.2. The van der Waals surface area contributed by atoms with Crippen LogP contribution >= 0.6 is 0 Å². The summed E-state index contributed by atoms with van der Waals surface area (Å²) in [5, 5.41) is 18.5. The third-order valence-corrected chi connectivity index (χ3v) is 10.8. The molecule has 2 aromatic heterocycles. The lowest BCUT2D eigenvalue weighted by atomic mass is 9.88. The van der Waals surface area contributed by atoms with Crippen molar-refractivity contribution in [3.05, 3.63) is 113 Å². The molecule has 0 saturated carbocycles. The molecule has 7 rings (SSSR count). The number of nitrogens with zero attached hydrogens (tertiary/aromatic N) is 5. The van der Waals surface area contributed by atoms with Gasteiger partial charge in [0.25, 0.3) is 5.91 Å². The van der Waals surface area contributed by atoms with Crippen molar-refractivity contribution in [3.8, 4) is 16.8 Å². The largest absolute Gasteiger partial charge is 0.401 e. The Morgan fingerprint density at radius 3 is 2.39 bits per heavy atom. The zero-order chi connectivity index (χ0) is 40.5. The standard InChI is InChI=1S/C41H43F4N9O3/c1-24-18-28(8-12-34(24)54-23-29(20-47-54)37(56)46-21-35-49-39(52-51-35)40(2,3)41(43,44)45)26-6-4-25(5-7-26)22-53-16-14-27(15-17-53)31-10-9-30(19-32(31)42)48-33-11-13-36(55)50-38(33)57/h4-10,12,18-20,23,27,33,48H,11,13-17,21-22H2,1-3H3,(H,46,56)(H,49,51,52)(H,50,55,57). The molecular weight excluding hydrogens is 743 g/mol. The van der Waals surface area contributed by atoms with Gasteiger partial charge >= 0.3 is 6.18 Å². The molecule has 1 atom stereocenters. The number of alkyl halides is 3. The molecule has 0 radical (unpaired) electrons. The predicted molar refractivity (Wildman–Crippen MR) is 204 cm³/mol. The highest BCUT2D eigenvalue weighted by Gasteiger charge is 2.51. The quantitative estimate of drug-likeness (QED) is 0.0880. The number of halogens is 4. The van der Waals surface area contributed by atoms with E-state index >= 15 is 4.39 Å². The van der Waals surface area contributed by atoms with Crippen molar-refractivity contribution in [1.29, 1.82) is 0 Å². The van der Waals surface area contributed by atoms with Crippen molar-refractivity contribution in [3.63, 3.8) is 0 Å². The first-order valence-electron chi connectivity index (χ1n) is 18.8. The summed E-state index contributed by atoms with van der Waals surface area (Å²) in [5.41, 5.74) is 4.21. The van der Waals surface area contributed by atoms with Gasteiger partial charge in [-0.05, 0) is 111 Å². The van der Waals surface area contributed by atoms with Gasteiger partial charge < -0.3 is 10.6 Å². The molecule has 1 unspecified atom stereocenters. The monoisotopic (exact) mass is 785 g/mol. The Bertz CT molecular complexity index is 2280. The Kier molecular flexibility index (Phi) is 11.0. The molecule has 4 N–H and O–H groups in total. The summed E-state index contributed by atoms with van der Waals surface area (Å²) >= 11 is 0. The van der Waals surface area contributed by atoms with E-state index in [0.29, 0.717) is 17.7 Å². The number of aryl methyl sites for hydroxylation is 1. The molecule has 3 amide bonds. The van der Waals surface area contributed by atoms with Crippen LogP contribution in [0.25, 0.3) is 16.8 Å². The van der Waals surface area contributed by atoms with Gasteiger partial charge in [-0.25, -0.2) is 14.1 Å². The molecule has 298 valence electrons. The van der Waals surface area contributed by atoms with E-state index in [9.17, 15) is 27.6 Å². The van der Waals surface area contributed by atoms with Crippen molar-refractivity contribution in [2.75, 3.05) is 18.4 Å². The number of amides is 3. The number of piperidine rings is 2. The van der Waals surface area contributed by atoms with Gasteiger partial charge in [0.1, 0.15) is 23.1 Å². The van der Waals surface area contributed by atoms with Crippen LogP contribution < -0.4 is 16.0 Å². The minimum absolute atomic E-state index is 0.101. The number of likely N-dealkylation sites (tertiary alicyclic amines) is 1. The second kappa shape index (κ2) is 15.9. The number of H-pyrrole nitrogens is 1. The number of benzene rings is 3. The van der Waals surface area contributed by atoms with Crippen LogP contribution in [0.1, 0.15) is 84.1 Å². The van der Waals surface area contributed by atoms with Crippen molar-refractivity contribution in [1.82, 2.24) is 40.5 Å². The molecule has 3 aromatic carbocycles. The second-order valence-electron chi connectivity index (χ2n) is 15.2. The summed E-state index contributed by atoms with van der Waals surface area (Å²) < 4.78 is 56.9. The van der Waals surface area contributed by atoms with Gasteiger partial charge in [0.15, 0.2) is 5.82 Å². The Morgan fingerprint density at radius 2 is 1.70 bits per heavy atom. The predicted octanol–water partition coefficient (Wildman–Crippen LogP) is 6.47. The van der Waals surface area contributed by atoms with Gasteiger partial charge in [0.05, 0.1) is 24.0 Å². The van der Waals surface area contributed by atoms with Gasteiger partial charge in [-0.3, -0.25) is 29.7 Å². The smallest absolute Gasteiger partial charge is 0.374 e. The lowest BCUT2D eigenvalue weighted by Crippen LogP contribution is -2.47.